The Balaban J connectivity index is 2.27. The number of rotatable bonds is 4. The molecule has 0 saturated carbocycles. The summed E-state index contributed by atoms with van der Waals surface area (Å²) in [5, 5.41) is 0. The Hall–Kier alpha value is -2.21. The molecule has 0 spiro atoms. The molecule has 0 N–H and O–H groups in total. The van der Waals surface area contributed by atoms with E-state index in [1.165, 1.54) is 29.2 Å². The second-order valence-electron chi connectivity index (χ2n) is 5.54. The summed E-state index contributed by atoms with van der Waals surface area (Å²) in [5.41, 5.74) is 1.84. The van der Waals surface area contributed by atoms with Gasteiger partial charge in [-0.25, -0.2) is 12.8 Å². The molecule has 0 aliphatic heterocycles. The first-order chi connectivity index (χ1) is 10.7. The Kier molecular flexibility index (Phi) is 4.85. The Bertz CT molecular complexity index is 829. The number of halogens is 1. The number of hydrogen-bond acceptors (Lipinski definition) is 3. The summed E-state index contributed by atoms with van der Waals surface area (Å²) in [6.45, 7) is 2.06. The van der Waals surface area contributed by atoms with E-state index < -0.39 is 9.84 Å². The van der Waals surface area contributed by atoms with Crippen molar-refractivity contribution < 1.29 is 17.6 Å². The van der Waals surface area contributed by atoms with Gasteiger partial charge in [-0.2, -0.15) is 0 Å². The van der Waals surface area contributed by atoms with Crippen LogP contribution in [0.1, 0.15) is 21.5 Å². The van der Waals surface area contributed by atoms with Crippen molar-refractivity contribution in [3.05, 3.63) is 65.0 Å². The lowest BCUT2D eigenvalue weighted by molar-refractivity contribution is 0.0784. The molecule has 0 fully saturated rings. The third-order valence-corrected chi connectivity index (χ3v) is 4.66. The third-order valence-electron chi connectivity index (χ3n) is 3.55. The van der Waals surface area contributed by atoms with Crippen LogP contribution in [0.3, 0.4) is 0 Å². The highest BCUT2D eigenvalue weighted by Gasteiger charge is 2.17. The van der Waals surface area contributed by atoms with E-state index in [-0.39, 0.29) is 16.6 Å². The lowest BCUT2D eigenvalue weighted by atomic mass is 10.1. The number of benzene rings is 2. The van der Waals surface area contributed by atoms with Gasteiger partial charge in [-0.3, -0.25) is 4.79 Å². The van der Waals surface area contributed by atoms with Crippen LogP contribution in [-0.4, -0.2) is 32.5 Å². The number of sulfone groups is 1. The number of hydrogen-bond donors (Lipinski definition) is 0. The number of amides is 1. The fourth-order valence-corrected chi connectivity index (χ4v) is 2.85. The van der Waals surface area contributed by atoms with Crippen molar-refractivity contribution in [2.24, 2.45) is 0 Å². The molecule has 4 nitrogen and oxygen atoms in total. The van der Waals surface area contributed by atoms with E-state index in [2.05, 4.69) is 0 Å². The fourth-order valence-electron chi connectivity index (χ4n) is 2.20. The van der Waals surface area contributed by atoms with E-state index in [0.29, 0.717) is 17.7 Å². The van der Waals surface area contributed by atoms with E-state index >= 15 is 0 Å². The fraction of sp³-hybridized carbons (Fsp3) is 0.235. The van der Waals surface area contributed by atoms with E-state index in [9.17, 15) is 17.6 Å². The number of carbonyl (C=O) groups is 1. The molecule has 2 aromatic rings. The standard InChI is InChI=1S/C17H18FNO3S/c1-12-4-9-15(23(3,21)22)10-16(12)17(20)19(2)11-13-5-7-14(18)8-6-13/h4-10H,11H2,1-3H3. The van der Waals surface area contributed by atoms with Gasteiger partial charge in [0.15, 0.2) is 9.84 Å². The summed E-state index contributed by atoms with van der Waals surface area (Å²) in [4.78, 5) is 14.2. The Morgan fingerprint density at radius 2 is 1.74 bits per heavy atom. The lowest BCUT2D eigenvalue weighted by Crippen LogP contribution is -2.27. The molecule has 0 bridgehead atoms. The minimum absolute atomic E-state index is 0.113. The molecule has 0 atom stereocenters. The van der Waals surface area contributed by atoms with E-state index in [4.69, 9.17) is 0 Å². The molecule has 0 aromatic heterocycles. The van der Waals surface area contributed by atoms with Crippen LogP contribution in [0.4, 0.5) is 4.39 Å². The lowest BCUT2D eigenvalue weighted by Gasteiger charge is -2.19. The van der Waals surface area contributed by atoms with Crippen molar-refractivity contribution in [3.8, 4) is 0 Å². The van der Waals surface area contributed by atoms with Gasteiger partial charge in [-0.05, 0) is 42.3 Å². The second-order valence-corrected chi connectivity index (χ2v) is 7.55. The van der Waals surface area contributed by atoms with Gasteiger partial charge < -0.3 is 4.90 Å². The van der Waals surface area contributed by atoms with Crippen LogP contribution in [-0.2, 0) is 16.4 Å². The van der Waals surface area contributed by atoms with Gasteiger partial charge in [0, 0.05) is 25.4 Å². The molecule has 0 saturated heterocycles. The Labute approximate surface area is 135 Å². The van der Waals surface area contributed by atoms with Crippen molar-refractivity contribution >= 4 is 15.7 Å². The van der Waals surface area contributed by atoms with Crippen molar-refractivity contribution in [1.82, 2.24) is 4.90 Å². The first-order valence-electron chi connectivity index (χ1n) is 6.99. The Morgan fingerprint density at radius 3 is 2.30 bits per heavy atom. The van der Waals surface area contributed by atoms with E-state index in [0.717, 1.165) is 11.8 Å². The number of aryl methyl sites for hydroxylation is 1. The summed E-state index contributed by atoms with van der Waals surface area (Å²) in [6, 6.07) is 10.4. The molecule has 0 radical (unpaired) electrons. The number of carbonyl (C=O) groups excluding carboxylic acids is 1. The summed E-state index contributed by atoms with van der Waals surface area (Å²) >= 11 is 0. The van der Waals surface area contributed by atoms with Crippen LogP contribution in [0.2, 0.25) is 0 Å². The van der Waals surface area contributed by atoms with Crippen molar-refractivity contribution in [2.45, 2.75) is 18.4 Å². The van der Waals surface area contributed by atoms with Crippen LogP contribution in [0.15, 0.2) is 47.4 Å². The normalized spacial score (nSPS) is 11.3. The van der Waals surface area contributed by atoms with Gasteiger partial charge in [0.1, 0.15) is 5.82 Å². The smallest absolute Gasteiger partial charge is 0.254 e. The summed E-state index contributed by atoms with van der Waals surface area (Å²) < 4.78 is 36.2. The van der Waals surface area contributed by atoms with E-state index in [1.54, 1.807) is 32.2 Å². The van der Waals surface area contributed by atoms with Crippen LogP contribution >= 0.6 is 0 Å². The molecule has 6 heteroatoms. The zero-order chi connectivity index (χ0) is 17.2. The SMILES string of the molecule is Cc1ccc(S(C)(=O)=O)cc1C(=O)N(C)Cc1ccc(F)cc1. The molecular formula is C17H18FNO3S. The van der Waals surface area contributed by atoms with Crippen LogP contribution in [0.5, 0.6) is 0 Å². The second kappa shape index (κ2) is 6.50. The van der Waals surface area contributed by atoms with Gasteiger partial charge in [0.25, 0.3) is 5.91 Å². The van der Waals surface area contributed by atoms with Gasteiger partial charge in [-0.1, -0.05) is 18.2 Å². The predicted molar refractivity (Wildman–Crippen MR) is 86.5 cm³/mol. The minimum atomic E-state index is -3.38. The first kappa shape index (κ1) is 17.1. The van der Waals surface area contributed by atoms with Crippen LogP contribution < -0.4 is 0 Å². The monoisotopic (exact) mass is 335 g/mol. The molecule has 122 valence electrons. The highest BCUT2D eigenvalue weighted by Crippen LogP contribution is 2.18. The van der Waals surface area contributed by atoms with Crippen LogP contribution in [0, 0.1) is 12.7 Å². The minimum Gasteiger partial charge on any atom is -0.337 e. The van der Waals surface area contributed by atoms with Gasteiger partial charge >= 0.3 is 0 Å². The molecule has 2 aromatic carbocycles. The van der Waals surface area contributed by atoms with Crippen molar-refractivity contribution in [1.29, 1.82) is 0 Å². The van der Waals surface area contributed by atoms with Crippen LogP contribution in [0.25, 0.3) is 0 Å². The van der Waals surface area contributed by atoms with Gasteiger partial charge in [0.05, 0.1) is 4.90 Å². The third kappa shape index (κ3) is 4.16. The average molecular weight is 335 g/mol. The molecule has 23 heavy (non-hydrogen) atoms. The summed E-state index contributed by atoms with van der Waals surface area (Å²) in [7, 11) is -1.75. The zero-order valence-corrected chi connectivity index (χ0v) is 14.0. The number of nitrogens with zero attached hydrogens (tertiary/aromatic N) is 1. The topological polar surface area (TPSA) is 54.5 Å². The molecule has 0 aliphatic carbocycles. The van der Waals surface area contributed by atoms with Gasteiger partial charge in [0.2, 0.25) is 0 Å². The van der Waals surface area contributed by atoms with Crippen molar-refractivity contribution in [2.75, 3.05) is 13.3 Å². The molecule has 0 aliphatic rings. The molecular weight excluding hydrogens is 317 g/mol. The average Bonchev–Trinajstić information content (AvgIpc) is 2.48. The van der Waals surface area contributed by atoms with E-state index in [1.807, 2.05) is 0 Å². The summed E-state index contributed by atoms with van der Waals surface area (Å²) in [5.74, 6) is -0.614. The largest absolute Gasteiger partial charge is 0.337 e. The quantitative estimate of drug-likeness (QED) is 0.863. The molecule has 0 unspecified atom stereocenters. The molecule has 2 rings (SSSR count). The highest BCUT2D eigenvalue weighted by atomic mass is 32.2. The maximum Gasteiger partial charge on any atom is 0.254 e. The molecule has 0 heterocycles. The first-order valence-corrected chi connectivity index (χ1v) is 8.88. The molecule has 1 amide bonds. The van der Waals surface area contributed by atoms with Gasteiger partial charge in [-0.15, -0.1) is 0 Å². The predicted octanol–water partition coefficient (Wildman–Crippen LogP) is 2.81. The maximum atomic E-state index is 12.9. The highest BCUT2D eigenvalue weighted by molar-refractivity contribution is 7.90. The zero-order valence-electron chi connectivity index (χ0n) is 13.2. The Morgan fingerprint density at radius 1 is 1.13 bits per heavy atom. The summed E-state index contributed by atoms with van der Waals surface area (Å²) in [6.07, 6.45) is 1.11. The maximum absolute atomic E-state index is 12.9. The van der Waals surface area contributed by atoms with Crippen molar-refractivity contribution in [3.63, 3.8) is 0 Å².